The molecule has 0 bridgehead atoms. The van der Waals surface area contributed by atoms with Crippen LogP contribution >= 0.6 is 0 Å². The third-order valence-electron chi connectivity index (χ3n) is 2.51. The Kier molecular flexibility index (Phi) is 4.46. The number of rotatable bonds is 6. The minimum absolute atomic E-state index is 0.172. The van der Waals surface area contributed by atoms with Gasteiger partial charge in [-0.15, -0.1) is 10.2 Å². The second kappa shape index (κ2) is 6.29. The van der Waals surface area contributed by atoms with Crippen LogP contribution in [0.25, 0.3) is 0 Å². The van der Waals surface area contributed by atoms with Crippen molar-refractivity contribution in [1.82, 2.24) is 15.5 Å². The van der Waals surface area contributed by atoms with Crippen LogP contribution in [0.3, 0.4) is 0 Å². The summed E-state index contributed by atoms with van der Waals surface area (Å²) in [6.07, 6.45) is 0. The molecular formula is C13H16FN3O2. The van der Waals surface area contributed by atoms with E-state index in [0.29, 0.717) is 24.1 Å². The van der Waals surface area contributed by atoms with E-state index in [0.717, 1.165) is 12.1 Å². The lowest BCUT2D eigenvalue weighted by Crippen LogP contribution is -2.13. The minimum Gasteiger partial charge on any atom is -0.483 e. The van der Waals surface area contributed by atoms with Crippen LogP contribution in [0.1, 0.15) is 24.3 Å². The molecule has 1 aromatic heterocycles. The molecule has 0 radical (unpaired) electrons. The van der Waals surface area contributed by atoms with Crippen molar-refractivity contribution in [3.05, 3.63) is 41.4 Å². The maximum absolute atomic E-state index is 13.2. The molecule has 0 saturated heterocycles. The van der Waals surface area contributed by atoms with E-state index in [1.165, 1.54) is 12.1 Å². The molecule has 0 aliphatic heterocycles. The van der Waals surface area contributed by atoms with Crippen LogP contribution in [0.15, 0.2) is 22.6 Å². The maximum Gasteiger partial charge on any atom is 0.253 e. The van der Waals surface area contributed by atoms with E-state index in [4.69, 9.17) is 9.15 Å². The molecule has 0 unspecified atom stereocenters. The average molecular weight is 265 g/mol. The second-order valence-electron chi connectivity index (χ2n) is 4.04. The lowest BCUT2D eigenvalue weighted by Gasteiger charge is -2.10. The van der Waals surface area contributed by atoms with Crippen LogP contribution in [0, 0.1) is 12.7 Å². The smallest absolute Gasteiger partial charge is 0.253 e. The van der Waals surface area contributed by atoms with Crippen molar-refractivity contribution in [2.24, 2.45) is 0 Å². The molecule has 0 atom stereocenters. The van der Waals surface area contributed by atoms with E-state index in [2.05, 4.69) is 15.5 Å². The highest BCUT2D eigenvalue weighted by molar-refractivity contribution is 5.33. The summed E-state index contributed by atoms with van der Waals surface area (Å²) in [6, 6.07) is 4.42. The summed E-state index contributed by atoms with van der Waals surface area (Å²) in [5.41, 5.74) is 0.762. The first-order valence-electron chi connectivity index (χ1n) is 6.10. The van der Waals surface area contributed by atoms with Gasteiger partial charge in [-0.2, -0.15) is 0 Å². The molecule has 0 amide bonds. The fourth-order valence-electron chi connectivity index (χ4n) is 1.62. The Bertz CT molecular complexity index is 542. The molecule has 0 spiro atoms. The predicted octanol–water partition coefficient (Wildman–Crippen LogP) is 2.21. The fraction of sp³-hybridized carbons (Fsp3) is 0.385. The van der Waals surface area contributed by atoms with Crippen molar-refractivity contribution < 1.29 is 13.5 Å². The zero-order valence-corrected chi connectivity index (χ0v) is 10.9. The number of aromatic nitrogens is 2. The van der Waals surface area contributed by atoms with Gasteiger partial charge >= 0.3 is 0 Å². The van der Waals surface area contributed by atoms with Crippen molar-refractivity contribution >= 4 is 0 Å². The van der Waals surface area contributed by atoms with E-state index < -0.39 is 0 Å². The summed E-state index contributed by atoms with van der Waals surface area (Å²) < 4.78 is 24.0. The second-order valence-corrected chi connectivity index (χ2v) is 4.04. The number of nitrogens with one attached hydrogen (secondary N) is 1. The van der Waals surface area contributed by atoms with Crippen molar-refractivity contribution in [3.8, 4) is 5.75 Å². The zero-order chi connectivity index (χ0) is 13.7. The lowest BCUT2D eigenvalue weighted by atomic mass is 10.2. The Morgan fingerprint density at radius 3 is 2.89 bits per heavy atom. The van der Waals surface area contributed by atoms with Gasteiger partial charge in [0.25, 0.3) is 5.89 Å². The number of benzene rings is 1. The Labute approximate surface area is 110 Å². The summed E-state index contributed by atoms with van der Waals surface area (Å²) in [7, 11) is 0. The Morgan fingerprint density at radius 1 is 1.37 bits per heavy atom. The molecule has 0 aliphatic rings. The van der Waals surface area contributed by atoms with Crippen LogP contribution in [0.5, 0.6) is 5.75 Å². The molecule has 1 heterocycles. The number of aryl methyl sites for hydroxylation is 1. The van der Waals surface area contributed by atoms with E-state index in [-0.39, 0.29) is 12.4 Å². The van der Waals surface area contributed by atoms with Gasteiger partial charge in [0, 0.05) is 19.0 Å². The first kappa shape index (κ1) is 13.5. The van der Waals surface area contributed by atoms with E-state index >= 15 is 0 Å². The fourth-order valence-corrected chi connectivity index (χ4v) is 1.62. The Hall–Kier alpha value is -1.95. The molecule has 1 N–H and O–H groups in total. The summed E-state index contributed by atoms with van der Waals surface area (Å²) >= 11 is 0. The van der Waals surface area contributed by atoms with Gasteiger partial charge in [-0.1, -0.05) is 6.92 Å². The average Bonchev–Trinajstić information content (AvgIpc) is 2.81. The monoisotopic (exact) mass is 265 g/mol. The third kappa shape index (κ3) is 3.75. The van der Waals surface area contributed by atoms with Gasteiger partial charge in [0.05, 0.1) is 0 Å². The molecular weight excluding hydrogens is 249 g/mol. The molecule has 2 rings (SSSR count). The highest BCUT2D eigenvalue weighted by Crippen LogP contribution is 2.20. The topological polar surface area (TPSA) is 60.2 Å². The highest BCUT2D eigenvalue weighted by Gasteiger charge is 2.08. The number of hydrogen-bond donors (Lipinski definition) is 1. The molecule has 0 saturated carbocycles. The van der Waals surface area contributed by atoms with Gasteiger partial charge in [-0.25, -0.2) is 4.39 Å². The SMILES string of the molecule is CCNCc1cc(F)ccc1OCc1nnc(C)o1. The number of halogens is 1. The minimum atomic E-state index is -0.283. The third-order valence-corrected chi connectivity index (χ3v) is 2.51. The van der Waals surface area contributed by atoms with E-state index in [1.54, 1.807) is 13.0 Å². The number of hydrogen-bond acceptors (Lipinski definition) is 5. The van der Waals surface area contributed by atoms with Gasteiger partial charge in [0.15, 0.2) is 6.61 Å². The molecule has 1 aromatic carbocycles. The van der Waals surface area contributed by atoms with Crippen LogP contribution in [0.4, 0.5) is 4.39 Å². The molecule has 5 nitrogen and oxygen atoms in total. The normalized spacial score (nSPS) is 10.7. The molecule has 2 aromatic rings. The Balaban J connectivity index is 2.05. The Morgan fingerprint density at radius 2 is 2.21 bits per heavy atom. The standard InChI is InChI=1S/C13H16FN3O2/c1-3-15-7-10-6-11(14)4-5-12(10)18-8-13-17-16-9(2)19-13/h4-6,15H,3,7-8H2,1-2H3. The summed E-state index contributed by atoms with van der Waals surface area (Å²) in [6.45, 7) is 5.23. The maximum atomic E-state index is 13.2. The highest BCUT2D eigenvalue weighted by atomic mass is 19.1. The molecule has 6 heteroatoms. The summed E-state index contributed by atoms with van der Waals surface area (Å²) in [5, 5.41) is 10.7. The van der Waals surface area contributed by atoms with Crippen LogP contribution < -0.4 is 10.1 Å². The van der Waals surface area contributed by atoms with Gasteiger partial charge in [-0.3, -0.25) is 0 Å². The zero-order valence-electron chi connectivity index (χ0n) is 10.9. The van der Waals surface area contributed by atoms with Crippen LogP contribution in [-0.2, 0) is 13.2 Å². The first-order chi connectivity index (χ1) is 9.19. The van der Waals surface area contributed by atoms with Gasteiger partial charge in [0.1, 0.15) is 11.6 Å². The predicted molar refractivity (Wildman–Crippen MR) is 67.1 cm³/mol. The van der Waals surface area contributed by atoms with Crippen molar-refractivity contribution in [2.75, 3.05) is 6.54 Å². The van der Waals surface area contributed by atoms with Crippen molar-refractivity contribution in [3.63, 3.8) is 0 Å². The molecule has 19 heavy (non-hydrogen) atoms. The number of ether oxygens (including phenoxy) is 1. The number of nitrogens with zero attached hydrogens (tertiary/aromatic N) is 2. The van der Waals surface area contributed by atoms with Crippen LogP contribution in [0.2, 0.25) is 0 Å². The van der Waals surface area contributed by atoms with Crippen molar-refractivity contribution in [2.45, 2.75) is 27.0 Å². The largest absolute Gasteiger partial charge is 0.483 e. The lowest BCUT2D eigenvalue weighted by molar-refractivity contribution is 0.257. The van der Waals surface area contributed by atoms with Gasteiger partial charge in [0.2, 0.25) is 5.89 Å². The summed E-state index contributed by atoms with van der Waals surface area (Å²) in [5.74, 6) is 1.22. The van der Waals surface area contributed by atoms with Gasteiger partial charge in [-0.05, 0) is 24.7 Å². The first-order valence-corrected chi connectivity index (χ1v) is 6.10. The van der Waals surface area contributed by atoms with Gasteiger partial charge < -0.3 is 14.5 Å². The molecule has 0 fully saturated rings. The quantitative estimate of drug-likeness (QED) is 0.867. The summed E-state index contributed by atoms with van der Waals surface area (Å²) in [4.78, 5) is 0. The van der Waals surface area contributed by atoms with Crippen molar-refractivity contribution in [1.29, 1.82) is 0 Å². The van der Waals surface area contributed by atoms with E-state index in [9.17, 15) is 4.39 Å². The van der Waals surface area contributed by atoms with E-state index in [1.807, 2.05) is 6.92 Å². The molecule has 0 aliphatic carbocycles. The van der Waals surface area contributed by atoms with Crippen LogP contribution in [-0.4, -0.2) is 16.7 Å². The molecule has 102 valence electrons.